The quantitative estimate of drug-likeness (QED) is 0.513. The fraction of sp³-hybridized carbons (Fsp3) is 0.105. The highest BCUT2D eigenvalue weighted by atomic mass is 32.2. The van der Waals surface area contributed by atoms with Gasteiger partial charge in [0.15, 0.2) is 0 Å². The first kappa shape index (κ1) is 19.3. The maximum absolute atomic E-state index is 12.3. The molecule has 2 aromatic carbocycles. The van der Waals surface area contributed by atoms with E-state index < -0.39 is 11.9 Å². The zero-order chi connectivity index (χ0) is 18.9. The van der Waals surface area contributed by atoms with E-state index in [0.29, 0.717) is 5.69 Å². The minimum Gasteiger partial charge on any atom is -0.478 e. The van der Waals surface area contributed by atoms with Crippen molar-refractivity contribution in [2.75, 3.05) is 10.6 Å². The Balaban J connectivity index is 1.95. The zero-order valence-corrected chi connectivity index (χ0v) is 14.8. The van der Waals surface area contributed by atoms with Crippen molar-refractivity contribution in [1.82, 2.24) is 0 Å². The Morgan fingerprint density at radius 2 is 1.65 bits per heavy atom. The molecule has 1 atom stereocenters. The van der Waals surface area contributed by atoms with Crippen molar-refractivity contribution in [2.45, 2.75) is 17.1 Å². The molecule has 0 aromatic heterocycles. The number of hydrogen-bond acceptors (Lipinski definition) is 4. The summed E-state index contributed by atoms with van der Waals surface area (Å²) >= 11 is 1.35. The molecule has 0 heterocycles. The van der Waals surface area contributed by atoms with Crippen LogP contribution < -0.4 is 10.6 Å². The van der Waals surface area contributed by atoms with Crippen molar-refractivity contribution in [1.29, 1.82) is 0 Å². The van der Waals surface area contributed by atoms with Crippen LogP contribution in [-0.4, -0.2) is 28.1 Å². The molecule has 2 aromatic rings. The second-order valence-corrected chi connectivity index (χ2v) is 6.72. The van der Waals surface area contributed by atoms with E-state index in [1.165, 1.54) is 11.8 Å². The third-order valence-corrected chi connectivity index (χ3v) is 4.30. The number of carbonyl (C=O) groups is 3. The molecule has 0 aliphatic rings. The molecule has 2 rings (SSSR count). The highest BCUT2D eigenvalue weighted by Gasteiger charge is 2.14. The lowest BCUT2D eigenvalue weighted by atomic mass is 10.3. The highest BCUT2D eigenvalue weighted by molar-refractivity contribution is 8.00. The molecule has 0 spiro atoms. The van der Waals surface area contributed by atoms with Gasteiger partial charge in [0.25, 0.3) is 0 Å². The molecule has 0 bridgehead atoms. The number of aliphatic carboxylic acids is 1. The predicted octanol–water partition coefficient (Wildman–Crippen LogP) is 3.39. The Kier molecular flexibility index (Phi) is 6.99. The van der Waals surface area contributed by atoms with Gasteiger partial charge in [-0.15, -0.1) is 11.8 Å². The molecule has 0 aliphatic heterocycles. The Labute approximate surface area is 155 Å². The van der Waals surface area contributed by atoms with Gasteiger partial charge in [-0.3, -0.25) is 9.59 Å². The molecule has 6 nitrogen and oxygen atoms in total. The number of carboxylic acids is 1. The van der Waals surface area contributed by atoms with Crippen LogP contribution in [0, 0.1) is 0 Å². The van der Waals surface area contributed by atoms with E-state index in [4.69, 9.17) is 5.11 Å². The van der Waals surface area contributed by atoms with Crippen LogP contribution in [0.5, 0.6) is 0 Å². The topological polar surface area (TPSA) is 95.5 Å². The van der Waals surface area contributed by atoms with Gasteiger partial charge in [-0.1, -0.05) is 24.3 Å². The zero-order valence-electron chi connectivity index (χ0n) is 14.0. The number of anilines is 2. The summed E-state index contributed by atoms with van der Waals surface area (Å²) in [5.41, 5.74) is 1.25. The first-order valence-electron chi connectivity index (χ1n) is 7.78. The maximum atomic E-state index is 12.3. The summed E-state index contributed by atoms with van der Waals surface area (Å²) in [6.45, 7) is 1.80. The molecule has 2 amide bonds. The standard InChI is InChI=1S/C19H18N2O4S/c1-13(19(25)21-14-6-3-2-4-7-14)26-16-9-5-8-15(12-16)20-17(22)10-11-18(23)24/h2-13H,1H3,(H,20,22)(H,21,25)(H,23,24)/b11-10+. The number of nitrogens with one attached hydrogen (secondary N) is 2. The summed E-state index contributed by atoms with van der Waals surface area (Å²) in [4.78, 5) is 35.1. The molecule has 134 valence electrons. The Hall–Kier alpha value is -3.06. The maximum Gasteiger partial charge on any atom is 0.328 e. The van der Waals surface area contributed by atoms with E-state index in [0.717, 1.165) is 22.7 Å². The molecule has 26 heavy (non-hydrogen) atoms. The summed E-state index contributed by atoms with van der Waals surface area (Å²) in [5, 5.41) is 13.6. The van der Waals surface area contributed by atoms with Gasteiger partial charge in [-0.25, -0.2) is 4.79 Å². The van der Waals surface area contributed by atoms with E-state index in [1.807, 2.05) is 36.4 Å². The van der Waals surface area contributed by atoms with Gasteiger partial charge in [0.1, 0.15) is 0 Å². The third-order valence-electron chi connectivity index (χ3n) is 3.20. The molecule has 3 N–H and O–H groups in total. The summed E-state index contributed by atoms with van der Waals surface area (Å²) < 4.78 is 0. The number of para-hydroxylation sites is 1. The number of amides is 2. The first-order valence-corrected chi connectivity index (χ1v) is 8.66. The minimum absolute atomic E-state index is 0.125. The second kappa shape index (κ2) is 9.43. The van der Waals surface area contributed by atoms with Crippen molar-refractivity contribution in [3.05, 3.63) is 66.7 Å². The molecule has 0 saturated carbocycles. The van der Waals surface area contributed by atoms with E-state index in [9.17, 15) is 14.4 Å². The summed E-state index contributed by atoms with van der Waals surface area (Å²) in [5.74, 6) is -1.85. The van der Waals surface area contributed by atoms with E-state index >= 15 is 0 Å². The monoisotopic (exact) mass is 370 g/mol. The van der Waals surface area contributed by atoms with Crippen molar-refractivity contribution in [2.24, 2.45) is 0 Å². The normalized spacial score (nSPS) is 11.7. The van der Waals surface area contributed by atoms with Gasteiger partial charge in [0.2, 0.25) is 11.8 Å². The number of carbonyl (C=O) groups excluding carboxylic acids is 2. The number of hydrogen-bond donors (Lipinski definition) is 3. The number of rotatable bonds is 7. The molecular formula is C19H18N2O4S. The molecule has 0 saturated heterocycles. The molecule has 0 fully saturated rings. The van der Waals surface area contributed by atoms with Gasteiger partial charge < -0.3 is 15.7 Å². The van der Waals surface area contributed by atoms with Crippen molar-refractivity contribution >= 4 is 40.9 Å². The van der Waals surface area contributed by atoms with Crippen LogP contribution in [0.25, 0.3) is 0 Å². The van der Waals surface area contributed by atoms with E-state index in [1.54, 1.807) is 25.1 Å². The van der Waals surface area contributed by atoms with Gasteiger partial charge in [-0.2, -0.15) is 0 Å². The van der Waals surface area contributed by atoms with Crippen LogP contribution in [-0.2, 0) is 14.4 Å². The molecule has 0 aliphatic carbocycles. The first-order chi connectivity index (χ1) is 12.4. The third kappa shape index (κ3) is 6.45. The van der Waals surface area contributed by atoms with Crippen molar-refractivity contribution < 1.29 is 19.5 Å². The average molecular weight is 370 g/mol. The lowest BCUT2D eigenvalue weighted by Gasteiger charge is -2.13. The fourth-order valence-corrected chi connectivity index (χ4v) is 2.93. The molecular weight excluding hydrogens is 352 g/mol. The van der Waals surface area contributed by atoms with Crippen LogP contribution in [0.1, 0.15) is 6.92 Å². The number of thioether (sulfide) groups is 1. The van der Waals surface area contributed by atoms with Crippen LogP contribution in [0.2, 0.25) is 0 Å². The fourth-order valence-electron chi connectivity index (χ4n) is 2.00. The van der Waals surface area contributed by atoms with Crippen LogP contribution in [0.3, 0.4) is 0 Å². The van der Waals surface area contributed by atoms with E-state index in [-0.39, 0.29) is 11.2 Å². The Morgan fingerprint density at radius 1 is 0.962 bits per heavy atom. The van der Waals surface area contributed by atoms with Crippen LogP contribution in [0.4, 0.5) is 11.4 Å². The summed E-state index contributed by atoms with van der Waals surface area (Å²) in [6.07, 6.45) is 1.71. The summed E-state index contributed by atoms with van der Waals surface area (Å²) in [7, 11) is 0. The summed E-state index contributed by atoms with van der Waals surface area (Å²) in [6, 6.07) is 16.2. The minimum atomic E-state index is -1.19. The lowest BCUT2D eigenvalue weighted by Crippen LogP contribution is -2.22. The second-order valence-electron chi connectivity index (χ2n) is 5.30. The average Bonchev–Trinajstić information content (AvgIpc) is 2.61. The van der Waals surface area contributed by atoms with Gasteiger partial charge in [0, 0.05) is 28.4 Å². The lowest BCUT2D eigenvalue weighted by molar-refractivity contribution is -0.131. The highest BCUT2D eigenvalue weighted by Crippen LogP contribution is 2.26. The largest absolute Gasteiger partial charge is 0.478 e. The Bertz CT molecular complexity index is 821. The SMILES string of the molecule is CC(Sc1cccc(NC(=O)/C=C/C(=O)O)c1)C(=O)Nc1ccccc1. The Morgan fingerprint density at radius 3 is 2.35 bits per heavy atom. The number of carboxylic acid groups (broad SMARTS) is 1. The number of benzene rings is 2. The molecule has 7 heteroatoms. The van der Waals surface area contributed by atoms with Crippen molar-refractivity contribution in [3.8, 4) is 0 Å². The van der Waals surface area contributed by atoms with Gasteiger partial charge in [0.05, 0.1) is 5.25 Å². The van der Waals surface area contributed by atoms with E-state index in [2.05, 4.69) is 10.6 Å². The molecule has 1 unspecified atom stereocenters. The van der Waals surface area contributed by atoms with Gasteiger partial charge in [-0.05, 0) is 37.3 Å². The van der Waals surface area contributed by atoms with Crippen LogP contribution in [0.15, 0.2) is 71.6 Å². The van der Waals surface area contributed by atoms with Crippen molar-refractivity contribution in [3.63, 3.8) is 0 Å². The van der Waals surface area contributed by atoms with Crippen LogP contribution >= 0.6 is 11.8 Å². The smallest absolute Gasteiger partial charge is 0.328 e. The van der Waals surface area contributed by atoms with Gasteiger partial charge >= 0.3 is 5.97 Å². The predicted molar refractivity (Wildman–Crippen MR) is 102 cm³/mol. The molecule has 0 radical (unpaired) electrons.